The van der Waals surface area contributed by atoms with Crippen LogP contribution in [0.15, 0.2) is 42.5 Å². The Labute approximate surface area is 126 Å². The quantitative estimate of drug-likeness (QED) is 0.837. The molecule has 1 N–H and O–H groups in total. The molecule has 0 aliphatic rings. The SMILES string of the molecule is COc1cc(C)ccc1NC(=O)c1ccc(I)cc1. The average molecular weight is 367 g/mol. The molecule has 0 aliphatic carbocycles. The Bertz CT molecular complexity index is 594. The third-order valence-corrected chi connectivity index (χ3v) is 3.43. The van der Waals surface area contributed by atoms with Crippen molar-refractivity contribution in [1.82, 2.24) is 0 Å². The minimum atomic E-state index is -0.140. The van der Waals surface area contributed by atoms with Crippen molar-refractivity contribution < 1.29 is 9.53 Å². The van der Waals surface area contributed by atoms with E-state index in [4.69, 9.17) is 4.74 Å². The molecule has 0 aromatic heterocycles. The van der Waals surface area contributed by atoms with Crippen molar-refractivity contribution in [2.75, 3.05) is 12.4 Å². The van der Waals surface area contributed by atoms with Gasteiger partial charge in [0.05, 0.1) is 12.8 Å². The van der Waals surface area contributed by atoms with Gasteiger partial charge in [-0.1, -0.05) is 6.07 Å². The number of carbonyl (C=O) groups is 1. The lowest BCUT2D eigenvalue weighted by Crippen LogP contribution is -2.12. The number of methoxy groups -OCH3 is 1. The summed E-state index contributed by atoms with van der Waals surface area (Å²) in [7, 11) is 1.59. The second kappa shape index (κ2) is 6.06. The Morgan fingerprint density at radius 2 is 1.84 bits per heavy atom. The number of hydrogen-bond donors (Lipinski definition) is 1. The van der Waals surface area contributed by atoms with Crippen molar-refractivity contribution in [2.45, 2.75) is 6.92 Å². The van der Waals surface area contributed by atoms with E-state index in [1.54, 1.807) is 19.2 Å². The Balaban J connectivity index is 2.21. The molecule has 98 valence electrons. The van der Waals surface area contributed by atoms with Crippen LogP contribution in [0.25, 0.3) is 0 Å². The zero-order chi connectivity index (χ0) is 13.8. The molecule has 0 atom stereocenters. The molecule has 3 nitrogen and oxygen atoms in total. The summed E-state index contributed by atoms with van der Waals surface area (Å²) in [6, 6.07) is 13.1. The van der Waals surface area contributed by atoms with E-state index in [0.29, 0.717) is 17.0 Å². The number of aryl methyl sites for hydroxylation is 1. The van der Waals surface area contributed by atoms with Crippen molar-refractivity contribution in [3.05, 3.63) is 57.2 Å². The maximum atomic E-state index is 12.1. The molecule has 2 aromatic carbocycles. The third kappa shape index (κ3) is 3.47. The number of hydrogen-bond acceptors (Lipinski definition) is 2. The third-order valence-electron chi connectivity index (χ3n) is 2.71. The van der Waals surface area contributed by atoms with Gasteiger partial charge in [0.15, 0.2) is 0 Å². The minimum Gasteiger partial charge on any atom is -0.495 e. The highest BCUT2D eigenvalue weighted by Crippen LogP contribution is 2.25. The topological polar surface area (TPSA) is 38.3 Å². The summed E-state index contributed by atoms with van der Waals surface area (Å²) in [6.45, 7) is 1.98. The zero-order valence-electron chi connectivity index (χ0n) is 10.7. The first kappa shape index (κ1) is 13.9. The van der Waals surface area contributed by atoms with E-state index >= 15 is 0 Å². The fourth-order valence-corrected chi connectivity index (χ4v) is 2.06. The second-order valence-electron chi connectivity index (χ2n) is 4.16. The molecule has 0 heterocycles. The van der Waals surface area contributed by atoms with Crippen LogP contribution >= 0.6 is 22.6 Å². The molecule has 0 aliphatic heterocycles. The van der Waals surface area contributed by atoms with Gasteiger partial charge >= 0.3 is 0 Å². The van der Waals surface area contributed by atoms with Gasteiger partial charge < -0.3 is 10.1 Å². The molecule has 4 heteroatoms. The van der Waals surface area contributed by atoms with Crippen LogP contribution in [0.4, 0.5) is 5.69 Å². The summed E-state index contributed by atoms with van der Waals surface area (Å²) in [5.74, 6) is 0.525. The normalized spacial score (nSPS) is 10.1. The predicted octanol–water partition coefficient (Wildman–Crippen LogP) is 3.86. The molecule has 0 radical (unpaired) electrons. The largest absolute Gasteiger partial charge is 0.495 e. The molecule has 0 unspecified atom stereocenters. The van der Waals surface area contributed by atoms with Gasteiger partial charge in [0, 0.05) is 9.13 Å². The van der Waals surface area contributed by atoms with Crippen LogP contribution in [-0.4, -0.2) is 13.0 Å². The first-order valence-electron chi connectivity index (χ1n) is 5.81. The minimum absolute atomic E-state index is 0.140. The van der Waals surface area contributed by atoms with Crippen LogP contribution in [0.3, 0.4) is 0 Å². The number of anilines is 1. The monoisotopic (exact) mass is 367 g/mol. The molecule has 1 amide bonds. The Hall–Kier alpha value is -1.56. The Morgan fingerprint density at radius 1 is 1.16 bits per heavy atom. The fraction of sp³-hybridized carbons (Fsp3) is 0.133. The van der Waals surface area contributed by atoms with Gasteiger partial charge in [-0.05, 0) is 71.5 Å². The van der Waals surface area contributed by atoms with Crippen LogP contribution < -0.4 is 10.1 Å². The molecular weight excluding hydrogens is 353 g/mol. The van der Waals surface area contributed by atoms with Gasteiger partial charge in [0.1, 0.15) is 5.75 Å². The lowest BCUT2D eigenvalue weighted by molar-refractivity contribution is 0.102. The Morgan fingerprint density at radius 3 is 2.47 bits per heavy atom. The van der Waals surface area contributed by atoms with Crippen molar-refractivity contribution in [3.8, 4) is 5.75 Å². The highest BCUT2D eigenvalue weighted by atomic mass is 127. The molecule has 0 saturated carbocycles. The highest BCUT2D eigenvalue weighted by molar-refractivity contribution is 14.1. The van der Waals surface area contributed by atoms with E-state index in [1.165, 1.54) is 0 Å². The molecule has 19 heavy (non-hydrogen) atoms. The lowest BCUT2D eigenvalue weighted by Gasteiger charge is -2.11. The summed E-state index contributed by atoms with van der Waals surface area (Å²) >= 11 is 2.21. The van der Waals surface area contributed by atoms with Gasteiger partial charge in [0.25, 0.3) is 5.91 Å². The van der Waals surface area contributed by atoms with Crippen LogP contribution in [-0.2, 0) is 0 Å². The number of carbonyl (C=O) groups excluding carboxylic acids is 1. The van der Waals surface area contributed by atoms with E-state index < -0.39 is 0 Å². The van der Waals surface area contributed by atoms with Crippen LogP contribution in [0.2, 0.25) is 0 Å². The summed E-state index contributed by atoms with van der Waals surface area (Å²) in [4.78, 5) is 12.1. The second-order valence-corrected chi connectivity index (χ2v) is 5.41. The fourth-order valence-electron chi connectivity index (χ4n) is 1.70. The molecule has 0 fully saturated rings. The van der Waals surface area contributed by atoms with Crippen molar-refractivity contribution in [1.29, 1.82) is 0 Å². The standard InChI is InChI=1S/C15H14INO2/c1-10-3-8-13(14(9-10)19-2)17-15(18)11-4-6-12(16)7-5-11/h3-9H,1-2H3,(H,17,18). The molecule has 2 rings (SSSR count). The van der Waals surface area contributed by atoms with E-state index in [0.717, 1.165) is 9.13 Å². The molecule has 0 saturated heterocycles. The maximum absolute atomic E-state index is 12.1. The molecule has 0 spiro atoms. The number of ether oxygens (including phenoxy) is 1. The summed E-state index contributed by atoms with van der Waals surface area (Å²) in [6.07, 6.45) is 0. The van der Waals surface area contributed by atoms with Gasteiger partial charge in [0.2, 0.25) is 0 Å². The summed E-state index contributed by atoms with van der Waals surface area (Å²) in [5, 5.41) is 2.86. The van der Waals surface area contributed by atoms with Crippen LogP contribution in [0.1, 0.15) is 15.9 Å². The van der Waals surface area contributed by atoms with E-state index in [9.17, 15) is 4.79 Å². The molecule has 2 aromatic rings. The van der Waals surface area contributed by atoms with Crippen molar-refractivity contribution >= 4 is 34.2 Å². The van der Waals surface area contributed by atoms with E-state index in [-0.39, 0.29) is 5.91 Å². The number of nitrogens with one attached hydrogen (secondary N) is 1. The van der Waals surface area contributed by atoms with Crippen molar-refractivity contribution in [2.24, 2.45) is 0 Å². The van der Waals surface area contributed by atoms with Gasteiger partial charge in [-0.3, -0.25) is 4.79 Å². The number of amides is 1. The zero-order valence-corrected chi connectivity index (χ0v) is 12.9. The number of rotatable bonds is 3. The van der Waals surface area contributed by atoms with E-state index in [2.05, 4.69) is 27.9 Å². The molecule has 0 bridgehead atoms. The number of benzene rings is 2. The van der Waals surface area contributed by atoms with Crippen LogP contribution in [0.5, 0.6) is 5.75 Å². The maximum Gasteiger partial charge on any atom is 0.255 e. The molecular formula is C15H14INO2. The summed E-state index contributed by atoms with van der Waals surface area (Å²) in [5.41, 5.74) is 2.39. The predicted molar refractivity (Wildman–Crippen MR) is 84.8 cm³/mol. The lowest BCUT2D eigenvalue weighted by atomic mass is 10.2. The Kier molecular flexibility index (Phi) is 4.42. The van der Waals surface area contributed by atoms with Crippen molar-refractivity contribution in [3.63, 3.8) is 0 Å². The van der Waals surface area contributed by atoms with Gasteiger partial charge in [-0.25, -0.2) is 0 Å². The number of halogens is 1. The highest BCUT2D eigenvalue weighted by Gasteiger charge is 2.09. The average Bonchev–Trinajstić information content (AvgIpc) is 2.41. The van der Waals surface area contributed by atoms with Crippen LogP contribution in [0, 0.1) is 10.5 Å². The summed E-state index contributed by atoms with van der Waals surface area (Å²) < 4.78 is 6.37. The van der Waals surface area contributed by atoms with E-state index in [1.807, 2.05) is 37.3 Å². The van der Waals surface area contributed by atoms with Gasteiger partial charge in [-0.15, -0.1) is 0 Å². The smallest absolute Gasteiger partial charge is 0.255 e. The van der Waals surface area contributed by atoms with Gasteiger partial charge in [-0.2, -0.15) is 0 Å². The first-order valence-corrected chi connectivity index (χ1v) is 6.89. The first-order chi connectivity index (χ1) is 9.10.